The lowest BCUT2D eigenvalue weighted by molar-refractivity contribution is 0.132. The van der Waals surface area contributed by atoms with Crippen molar-refractivity contribution in [2.24, 2.45) is 5.92 Å². The Bertz CT molecular complexity index is 413. The third kappa shape index (κ3) is 2.29. The maximum Gasteiger partial charge on any atom is 0.100 e. The van der Waals surface area contributed by atoms with Gasteiger partial charge in [0, 0.05) is 39.2 Å². The van der Waals surface area contributed by atoms with Crippen LogP contribution in [0.3, 0.4) is 0 Å². The Hall–Kier alpha value is -0.940. The van der Waals surface area contributed by atoms with Crippen LogP contribution >= 0.6 is 0 Å². The van der Waals surface area contributed by atoms with E-state index >= 15 is 0 Å². The van der Waals surface area contributed by atoms with Crippen LogP contribution in [-0.4, -0.2) is 46.7 Å². The molecule has 100 valence electrons. The molecule has 1 saturated carbocycles. The molecule has 0 bridgehead atoms. The van der Waals surface area contributed by atoms with Crippen molar-refractivity contribution < 1.29 is 4.74 Å². The van der Waals surface area contributed by atoms with Crippen LogP contribution < -0.4 is 0 Å². The van der Waals surface area contributed by atoms with E-state index in [0.29, 0.717) is 5.92 Å². The number of aryl methyl sites for hydroxylation is 1. The smallest absolute Gasteiger partial charge is 0.100 e. The molecule has 0 radical (unpaired) electrons. The molecule has 1 aliphatic carbocycles. The first-order chi connectivity index (χ1) is 8.81. The third-order valence-corrected chi connectivity index (χ3v) is 3.97. The van der Waals surface area contributed by atoms with Crippen molar-refractivity contribution in [2.75, 3.05) is 26.8 Å². The topological polar surface area (TPSA) is 43.2 Å². The average molecular weight is 250 g/mol. The lowest BCUT2D eigenvalue weighted by atomic mass is 9.98. The van der Waals surface area contributed by atoms with Gasteiger partial charge in [-0.05, 0) is 25.7 Å². The minimum Gasteiger partial charge on any atom is -0.384 e. The van der Waals surface area contributed by atoms with E-state index in [4.69, 9.17) is 4.74 Å². The van der Waals surface area contributed by atoms with Crippen LogP contribution in [0, 0.1) is 5.92 Å². The maximum atomic E-state index is 5.38. The van der Waals surface area contributed by atoms with Crippen LogP contribution in [0.15, 0.2) is 0 Å². The van der Waals surface area contributed by atoms with Gasteiger partial charge < -0.3 is 4.74 Å². The Labute approximate surface area is 108 Å². The van der Waals surface area contributed by atoms with Gasteiger partial charge in [0.15, 0.2) is 0 Å². The number of hydrogen-bond acceptors (Lipinski definition) is 4. The molecule has 5 nitrogen and oxygen atoms in total. The number of nitrogens with zero attached hydrogens (tertiary/aromatic N) is 4. The molecule has 18 heavy (non-hydrogen) atoms. The van der Waals surface area contributed by atoms with Crippen LogP contribution in [0.1, 0.15) is 37.1 Å². The number of ether oxygens (including phenoxy) is 1. The lowest BCUT2D eigenvalue weighted by Gasteiger charge is -2.32. The molecule has 1 aromatic rings. The van der Waals surface area contributed by atoms with Crippen molar-refractivity contribution in [3.8, 4) is 0 Å². The van der Waals surface area contributed by atoms with E-state index in [1.807, 2.05) is 4.68 Å². The second-order valence-corrected chi connectivity index (χ2v) is 5.53. The third-order valence-electron chi connectivity index (χ3n) is 3.97. The standard InChI is InChI=1S/C13H22N4O/c1-3-17-13-11(9-18-2)7-16(6-10-4-5-10)8-12(13)14-15-17/h10-11H,3-9H2,1-2H3/t11-/m0/s1. The Morgan fingerprint density at radius 2 is 2.22 bits per heavy atom. The summed E-state index contributed by atoms with van der Waals surface area (Å²) in [7, 11) is 1.78. The van der Waals surface area contributed by atoms with Gasteiger partial charge in [0.25, 0.3) is 0 Å². The maximum absolute atomic E-state index is 5.38. The fourth-order valence-electron chi connectivity index (χ4n) is 2.96. The summed E-state index contributed by atoms with van der Waals surface area (Å²) in [6.07, 6.45) is 2.81. The molecule has 1 aliphatic heterocycles. The van der Waals surface area contributed by atoms with E-state index in [9.17, 15) is 0 Å². The molecule has 0 N–H and O–H groups in total. The van der Waals surface area contributed by atoms with Gasteiger partial charge >= 0.3 is 0 Å². The summed E-state index contributed by atoms with van der Waals surface area (Å²) in [6, 6.07) is 0. The van der Waals surface area contributed by atoms with E-state index in [-0.39, 0.29) is 0 Å². The number of methoxy groups -OCH3 is 1. The average Bonchev–Trinajstić information content (AvgIpc) is 3.07. The Kier molecular flexibility index (Phi) is 3.35. The first-order valence-electron chi connectivity index (χ1n) is 6.95. The molecule has 5 heteroatoms. The quantitative estimate of drug-likeness (QED) is 0.789. The van der Waals surface area contributed by atoms with Crippen LogP contribution in [0.25, 0.3) is 0 Å². The highest BCUT2D eigenvalue weighted by Crippen LogP contribution is 2.33. The summed E-state index contributed by atoms with van der Waals surface area (Å²) < 4.78 is 7.42. The van der Waals surface area contributed by atoms with E-state index in [1.54, 1.807) is 7.11 Å². The van der Waals surface area contributed by atoms with Gasteiger partial charge in [-0.2, -0.15) is 0 Å². The van der Waals surface area contributed by atoms with Crippen molar-refractivity contribution in [1.82, 2.24) is 19.9 Å². The predicted octanol–water partition coefficient (Wildman–Crippen LogP) is 1.25. The number of fused-ring (bicyclic) bond motifs is 1. The molecule has 0 aromatic carbocycles. The van der Waals surface area contributed by atoms with E-state index in [1.165, 1.54) is 25.1 Å². The SMILES string of the molecule is CCn1nnc2c1[C@H](COC)CN(CC1CC1)C2. The van der Waals surface area contributed by atoms with Crippen LogP contribution in [0.2, 0.25) is 0 Å². The predicted molar refractivity (Wildman–Crippen MR) is 68.3 cm³/mol. The molecular weight excluding hydrogens is 228 g/mol. The normalized spacial score (nSPS) is 24.2. The molecule has 1 atom stereocenters. The van der Waals surface area contributed by atoms with Gasteiger partial charge in [-0.25, -0.2) is 4.68 Å². The van der Waals surface area contributed by atoms with Gasteiger partial charge in [0.1, 0.15) is 5.69 Å². The zero-order valence-corrected chi connectivity index (χ0v) is 11.3. The van der Waals surface area contributed by atoms with Crippen molar-refractivity contribution in [1.29, 1.82) is 0 Å². The molecule has 0 unspecified atom stereocenters. The van der Waals surface area contributed by atoms with Gasteiger partial charge in [-0.15, -0.1) is 5.10 Å². The van der Waals surface area contributed by atoms with E-state index in [0.717, 1.165) is 37.9 Å². The first kappa shape index (κ1) is 12.1. The first-order valence-corrected chi connectivity index (χ1v) is 6.95. The van der Waals surface area contributed by atoms with Gasteiger partial charge in [-0.3, -0.25) is 4.90 Å². The molecule has 0 saturated heterocycles. The largest absolute Gasteiger partial charge is 0.384 e. The van der Waals surface area contributed by atoms with Crippen LogP contribution in [0.4, 0.5) is 0 Å². The zero-order chi connectivity index (χ0) is 12.5. The zero-order valence-electron chi connectivity index (χ0n) is 11.3. The number of hydrogen-bond donors (Lipinski definition) is 0. The summed E-state index contributed by atoms with van der Waals surface area (Å²) in [6.45, 7) is 7.05. The molecule has 3 rings (SSSR count). The second-order valence-electron chi connectivity index (χ2n) is 5.53. The molecule has 1 aromatic heterocycles. The molecule has 1 fully saturated rings. The summed E-state index contributed by atoms with van der Waals surface area (Å²) >= 11 is 0. The second kappa shape index (κ2) is 4.97. The Balaban J connectivity index is 1.80. The number of rotatable bonds is 5. The lowest BCUT2D eigenvalue weighted by Crippen LogP contribution is -2.37. The Morgan fingerprint density at radius 3 is 2.89 bits per heavy atom. The van der Waals surface area contributed by atoms with Crippen molar-refractivity contribution in [2.45, 2.75) is 38.8 Å². The summed E-state index contributed by atoms with van der Waals surface area (Å²) in [5.74, 6) is 1.35. The highest BCUT2D eigenvalue weighted by Gasteiger charge is 2.33. The van der Waals surface area contributed by atoms with Gasteiger partial charge in [-0.1, -0.05) is 5.21 Å². The van der Waals surface area contributed by atoms with Crippen molar-refractivity contribution in [3.05, 3.63) is 11.4 Å². The summed E-state index contributed by atoms with van der Waals surface area (Å²) in [5, 5.41) is 8.62. The van der Waals surface area contributed by atoms with Crippen LogP contribution in [0.5, 0.6) is 0 Å². The highest BCUT2D eigenvalue weighted by molar-refractivity contribution is 5.20. The number of aromatic nitrogens is 3. The minimum absolute atomic E-state index is 0.424. The van der Waals surface area contributed by atoms with Crippen molar-refractivity contribution in [3.63, 3.8) is 0 Å². The summed E-state index contributed by atoms with van der Waals surface area (Å²) in [5.41, 5.74) is 2.46. The molecule has 0 spiro atoms. The fraction of sp³-hybridized carbons (Fsp3) is 0.846. The summed E-state index contributed by atoms with van der Waals surface area (Å²) in [4.78, 5) is 2.53. The fourth-order valence-corrected chi connectivity index (χ4v) is 2.96. The van der Waals surface area contributed by atoms with E-state index in [2.05, 4.69) is 22.1 Å². The Morgan fingerprint density at radius 1 is 1.39 bits per heavy atom. The van der Waals surface area contributed by atoms with Gasteiger partial charge in [0.2, 0.25) is 0 Å². The molecule has 2 aliphatic rings. The molecular formula is C13H22N4O. The monoisotopic (exact) mass is 250 g/mol. The molecule has 2 heterocycles. The highest BCUT2D eigenvalue weighted by atomic mass is 16.5. The van der Waals surface area contributed by atoms with Gasteiger partial charge in [0.05, 0.1) is 12.3 Å². The minimum atomic E-state index is 0.424. The molecule has 0 amide bonds. The van der Waals surface area contributed by atoms with E-state index < -0.39 is 0 Å². The van der Waals surface area contributed by atoms with Crippen molar-refractivity contribution >= 4 is 0 Å². The van der Waals surface area contributed by atoms with Crippen LogP contribution in [-0.2, 0) is 17.8 Å².